The van der Waals surface area contributed by atoms with E-state index in [4.69, 9.17) is 4.74 Å². The van der Waals surface area contributed by atoms with E-state index in [1.54, 1.807) is 0 Å². The van der Waals surface area contributed by atoms with E-state index in [9.17, 15) is 0 Å². The minimum Gasteiger partial charge on any atom is -0.491 e. The Kier molecular flexibility index (Phi) is 3.42. The molecule has 16 heavy (non-hydrogen) atoms. The molecule has 0 radical (unpaired) electrons. The first-order valence-electron chi connectivity index (χ1n) is 6.22. The lowest BCUT2D eigenvalue weighted by Gasteiger charge is -2.13. The molecule has 0 saturated heterocycles. The van der Waals surface area contributed by atoms with Gasteiger partial charge in [0.2, 0.25) is 0 Å². The van der Waals surface area contributed by atoms with Gasteiger partial charge >= 0.3 is 0 Å². The first-order chi connectivity index (χ1) is 7.74. The number of rotatable bonds is 4. The van der Waals surface area contributed by atoms with Crippen molar-refractivity contribution in [1.82, 2.24) is 10.2 Å². The monoisotopic (exact) mass is 220 g/mol. The van der Waals surface area contributed by atoms with Crippen LogP contribution in [0.1, 0.15) is 56.0 Å². The van der Waals surface area contributed by atoms with Crippen molar-refractivity contribution in [2.75, 3.05) is 6.61 Å². The van der Waals surface area contributed by atoms with Gasteiger partial charge in [0.05, 0.1) is 12.3 Å². The van der Waals surface area contributed by atoms with Crippen molar-refractivity contribution < 1.29 is 4.74 Å². The van der Waals surface area contributed by atoms with Gasteiger partial charge in [-0.1, -0.05) is 26.7 Å². The van der Waals surface area contributed by atoms with Crippen molar-refractivity contribution >= 4 is 0 Å². The maximum absolute atomic E-state index is 5.62. The second-order valence-corrected chi connectivity index (χ2v) is 4.62. The van der Waals surface area contributed by atoms with E-state index in [-0.39, 0.29) is 0 Å². The molecule has 3 heteroatoms. The number of fused-ring (bicyclic) bond motifs is 1. The van der Waals surface area contributed by atoms with Crippen LogP contribution in [0.25, 0.3) is 0 Å². The van der Waals surface area contributed by atoms with Gasteiger partial charge in [0, 0.05) is 17.9 Å². The Bertz CT molecular complexity index is 376. The van der Waals surface area contributed by atoms with Crippen LogP contribution >= 0.6 is 0 Å². The lowest BCUT2D eigenvalue weighted by molar-refractivity contribution is 0.352. The predicted molar refractivity (Wildman–Crippen MR) is 63.9 cm³/mol. The van der Waals surface area contributed by atoms with Gasteiger partial charge in [0.25, 0.3) is 0 Å². The smallest absolute Gasteiger partial charge is 0.147 e. The molecule has 0 saturated carbocycles. The third kappa shape index (κ3) is 2.04. The maximum atomic E-state index is 5.62. The summed E-state index contributed by atoms with van der Waals surface area (Å²) in [5, 5.41) is 8.58. The molecule has 0 bridgehead atoms. The van der Waals surface area contributed by atoms with E-state index < -0.39 is 0 Å². The summed E-state index contributed by atoms with van der Waals surface area (Å²) in [6.45, 7) is 7.23. The highest BCUT2D eigenvalue weighted by Crippen LogP contribution is 2.34. The van der Waals surface area contributed by atoms with Crippen molar-refractivity contribution in [3.63, 3.8) is 0 Å². The molecule has 0 aliphatic carbocycles. The average Bonchev–Trinajstić information content (AvgIpc) is 2.76. The normalized spacial score (nSPS) is 15.7. The van der Waals surface area contributed by atoms with E-state index in [0.29, 0.717) is 5.92 Å². The van der Waals surface area contributed by atoms with Crippen LogP contribution in [-0.4, -0.2) is 16.8 Å². The van der Waals surface area contributed by atoms with Gasteiger partial charge in [-0.05, 0) is 13.3 Å². The summed E-state index contributed by atoms with van der Waals surface area (Å²) in [6.07, 6.45) is 4.69. The summed E-state index contributed by atoms with van der Waals surface area (Å²) in [4.78, 5) is 0. The summed E-state index contributed by atoms with van der Waals surface area (Å²) < 4.78 is 5.62. The van der Waals surface area contributed by atoms with Gasteiger partial charge in [-0.15, -0.1) is 0 Å². The van der Waals surface area contributed by atoms with Gasteiger partial charge in [0.1, 0.15) is 11.4 Å². The van der Waals surface area contributed by atoms with Gasteiger partial charge < -0.3 is 4.74 Å². The van der Waals surface area contributed by atoms with Gasteiger partial charge in [-0.25, -0.2) is 0 Å². The second kappa shape index (κ2) is 4.81. The third-order valence-corrected chi connectivity index (χ3v) is 3.28. The summed E-state index contributed by atoms with van der Waals surface area (Å²) in [6, 6.07) is 0. The molecule has 1 aliphatic rings. The Morgan fingerprint density at radius 2 is 2.19 bits per heavy atom. The van der Waals surface area contributed by atoms with Crippen LogP contribution in [0.5, 0.6) is 5.75 Å². The number of unbranched alkanes of at least 4 members (excludes halogenated alkanes) is 1. The van der Waals surface area contributed by atoms with E-state index in [1.807, 2.05) is 6.92 Å². The van der Waals surface area contributed by atoms with Crippen molar-refractivity contribution in [2.45, 2.75) is 52.4 Å². The molecular weight excluding hydrogens is 200 g/mol. The predicted octanol–water partition coefficient (Wildman–Crippen LogP) is 3.01. The molecule has 1 aliphatic heterocycles. The molecule has 2 heterocycles. The van der Waals surface area contributed by atoms with Crippen molar-refractivity contribution in [3.8, 4) is 5.75 Å². The maximum Gasteiger partial charge on any atom is 0.147 e. The molecule has 1 aromatic rings. The summed E-state index contributed by atoms with van der Waals surface area (Å²) in [7, 11) is 0. The van der Waals surface area contributed by atoms with Crippen molar-refractivity contribution in [2.24, 2.45) is 0 Å². The average molecular weight is 220 g/mol. The zero-order valence-corrected chi connectivity index (χ0v) is 10.4. The fraction of sp³-hybridized carbons (Fsp3) is 0.692. The lowest BCUT2D eigenvalue weighted by atomic mass is 9.95. The zero-order valence-electron chi connectivity index (χ0n) is 10.4. The number of aryl methyl sites for hydroxylation is 1. The lowest BCUT2D eigenvalue weighted by Crippen LogP contribution is -2.04. The molecule has 0 spiro atoms. The molecular formula is C13H20N2O. The van der Waals surface area contributed by atoms with Crippen LogP contribution in [0.2, 0.25) is 0 Å². The number of nitrogens with zero attached hydrogens (tertiary/aromatic N) is 2. The standard InChI is InChI=1S/C13H20N2O/c1-4-5-6-9(2)12-11-7-8-16-13(11)10(3)14-15-12/h9H,4-8H2,1-3H3. The second-order valence-electron chi connectivity index (χ2n) is 4.62. The topological polar surface area (TPSA) is 35.0 Å². The van der Waals surface area contributed by atoms with Crippen LogP contribution in [0.4, 0.5) is 0 Å². The van der Waals surface area contributed by atoms with Crippen LogP contribution in [0.3, 0.4) is 0 Å². The molecule has 88 valence electrons. The van der Waals surface area contributed by atoms with Crippen molar-refractivity contribution in [3.05, 3.63) is 17.0 Å². The molecule has 3 nitrogen and oxygen atoms in total. The highest BCUT2D eigenvalue weighted by molar-refractivity contribution is 5.42. The first kappa shape index (κ1) is 11.4. The summed E-state index contributed by atoms with van der Waals surface area (Å²) >= 11 is 0. The number of hydrogen-bond donors (Lipinski definition) is 0. The molecule has 0 fully saturated rings. The van der Waals surface area contributed by atoms with Crippen molar-refractivity contribution in [1.29, 1.82) is 0 Å². The fourth-order valence-corrected chi connectivity index (χ4v) is 2.30. The number of hydrogen-bond acceptors (Lipinski definition) is 3. The quantitative estimate of drug-likeness (QED) is 0.782. The third-order valence-electron chi connectivity index (χ3n) is 3.28. The largest absolute Gasteiger partial charge is 0.491 e. The van der Waals surface area contributed by atoms with E-state index in [0.717, 1.165) is 30.2 Å². The molecule has 1 aromatic heterocycles. The molecule has 2 rings (SSSR count). The minimum absolute atomic E-state index is 0.503. The van der Waals surface area contributed by atoms with E-state index >= 15 is 0 Å². The number of aromatic nitrogens is 2. The van der Waals surface area contributed by atoms with Crippen LogP contribution in [0.15, 0.2) is 0 Å². The Morgan fingerprint density at radius 3 is 2.94 bits per heavy atom. The highest BCUT2D eigenvalue weighted by Gasteiger charge is 2.23. The highest BCUT2D eigenvalue weighted by atomic mass is 16.5. The molecule has 0 amide bonds. The minimum atomic E-state index is 0.503. The Balaban J connectivity index is 2.25. The molecule has 1 unspecified atom stereocenters. The SMILES string of the molecule is CCCCC(C)c1nnc(C)c2c1CCO2. The Labute approximate surface area is 97.2 Å². The Morgan fingerprint density at radius 1 is 1.38 bits per heavy atom. The van der Waals surface area contributed by atoms with Crippen LogP contribution in [0, 0.1) is 6.92 Å². The van der Waals surface area contributed by atoms with Gasteiger partial charge in [-0.2, -0.15) is 10.2 Å². The molecule has 0 N–H and O–H groups in total. The fourth-order valence-electron chi connectivity index (χ4n) is 2.30. The molecule has 0 aromatic carbocycles. The van der Waals surface area contributed by atoms with E-state index in [2.05, 4.69) is 24.0 Å². The first-order valence-corrected chi connectivity index (χ1v) is 6.22. The van der Waals surface area contributed by atoms with Crippen LogP contribution < -0.4 is 4.74 Å². The van der Waals surface area contributed by atoms with Gasteiger partial charge in [-0.3, -0.25) is 0 Å². The summed E-state index contributed by atoms with van der Waals surface area (Å²) in [5.41, 5.74) is 3.39. The van der Waals surface area contributed by atoms with Crippen LogP contribution in [-0.2, 0) is 6.42 Å². The Hall–Kier alpha value is -1.12. The molecule has 1 atom stereocenters. The van der Waals surface area contributed by atoms with Gasteiger partial charge in [0.15, 0.2) is 0 Å². The number of ether oxygens (including phenoxy) is 1. The zero-order chi connectivity index (χ0) is 11.5. The summed E-state index contributed by atoms with van der Waals surface area (Å²) in [5.74, 6) is 1.50. The van der Waals surface area contributed by atoms with E-state index in [1.165, 1.54) is 24.8 Å².